The van der Waals surface area contributed by atoms with E-state index in [0.717, 1.165) is 40.3 Å². The fraction of sp³-hybridized carbons (Fsp3) is 0.409. The maximum Gasteiger partial charge on any atom is 0.239 e. The van der Waals surface area contributed by atoms with Crippen LogP contribution in [0.2, 0.25) is 0 Å². The Labute approximate surface area is 153 Å². The second kappa shape index (κ2) is 4.61. The normalized spacial score (nSPS) is 26.4. The minimum absolute atomic E-state index is 0.0365. The van der Waals surface area contributed by atoms with Crippen molar-refractivity contribution in [3.8, 4) is 11.5 Å². The van der Waals surface area contributed by atoms with Crippen LogP contribution in [0.1, 0.15) is 50.8 Å². The molecule has 2 aromatic carbocycles. The molecule has 4 nitrogen and oxygen atoms in total. The van der Waals surface area contributed by atoms with Crippen molar-refractivity contribution in [3.05, 3.63) is 53.1 Å². The zero-order valence-electron chi connectivity index (χ0n) is 15.6. The van der Waals surface area contributed by atoms with E-state index in [2.05, 4.69) is 31.3 Å². The number of fused-ring (bicyclic) bond motifs is 5. The summed E-state index contributed by atoms with van der Waals surface area (Å²) in [5, 5.41) is 3.09. The van der Waals surface area contributed by atoms with Gasteiger partial charge in [-0.15, -0.1) is 0 Å². The van der Waals surface area contributed by atoms with Crippen LogP contribution >= 0.6 is 0 Å². The lowest BCUT2D eigenvalue weighted by molar-refractivity contribution is -0.122. The Balaban J connectivity index is 1.79. The molecule has 0 bridgehead atoms. The predicted molar refractivity (Wildman–Crippen MR) is 100 cm³/mol. The molecule has 0 radical (unpaired) electrons. The van der Waals surface area contributed by atoms with Crippen LogP contribution in [0.15, 0.2) is 36.4 Å². The third kappa shape index (κ3) is 1.99. The van der Waals surface area contributed by atoms with Crippen molar-refractivity contribution in [2.75, 3.05) is 5.32 Å². The van der Waals surface area contributed by atoms with Gasteiger partial charge in [0, 0.05) is 30.2 Å². The first-order valence-electron chi connectivity index (χ1n) is 9.17. The Morgan fingerprint density at radius 1 is 0.923 bits per heavy atom. The number of rotatable bonds is 0. The Bertz CT molecular complexity index is 960. The predicted octanol–water partition coefficient (Wildman–Crippen LogP) is 4.20. The van der Waals surface area contributed by atoms with Crippen molar-refractivity contribution >= 4 is 11.6 Å². The van der Waals surface area contributed by atoms with Crippen molar-refractivity contribution in [3.63, 3.8) is 0 Å². The molecule has 5 rings (SSSR count). The van der Waals surface area contributed by atoms with Gasteiger partial charge in [0.1, 0.15) is 28.1 Å². The van der Waals surface area contributed by atoms with Crippen LogP contribution < -0.4 is 14.8 Å². The zero-order valence-corrected chi connectivity index (χ0v) is 15.6. The first kappa shape index (κ1) is 15.7. The maximum absolute atomic E-state index is 13.3. The van der Waals surface area contributed by atoms with Crippen LogP contribution in [0.4, 0.5) is 5.69 Å². The van der Waals surface area contributed by atoms with E-state index in [1.807, 2.05) is 38.1 Å². The van der Waals surface area contributed by atoms with E-state index in [9.17, 15) is 4.79 Å². The highest BCUT2D eigenvalue weighted by molar-refractivity contribution is 6.09. The fourth-order valence-corrected chi connectivity index (χ4v) is 4.88. The Hall–Kier alpha value is -2.49. The molecular weight excluding hydrogens is 326 g/mol. The Morgan fingerprint density at radius 3 is 2.46 bits per heavy atom. The van der Waals surface area contributed by atoms with Gasteiger partial charge in [-0.2, -0.15) is 0 Å². The Morgan fingerprint density at radius 2 is 1.65 bits per heavy atom. The summed E-state index contributed by atoms with van der Waals surface area (Å²) in [6.45, 7) is 8.27. The topological polar surface area (TPSA) is 47.6 Å². The number of para-hydroxylation sites is 1. The molecule has 3 aliphatic heterocycles. The number of hydrogen-bond acceptors (Lipinski definition) is 3. The summed E-state index contributed by atoms with van der Waals surface area (Å²) in [4.78, 5) is 13.3. The van der Waals surface area contributed by atoms with Crippen molar-refractivity contribution in [1.82, 2.24) is 0 Å². The van der Waals surface area contributed by atoms with E-state index < -0.39 is 11.0 Å². The molecule has 1 amide bonds. The largest absolute Gasteiger partial charge is 0.487 e. The monoisotopic (exact) mass is 349 g/mol. The molecule has 134 valence electrons. The smallest absolute Gasteiger partial charge is 0.239 e. The molecule has 3 aliphatic rings. The highest BCUT2D eigenvalue weighted by atomic mass is 16.5. The number of carbonyl (C=O) groups is 1. The minimum Gasteiger partial charge on any atom is -0.487 e. The van der Waals surface area contributed by atoms with E-state index in [0.29, 0.717) is 6.42 Å². The van der Waals surface area contributed by atoms with Crippen LogP contribution in [0, 0.1) is 0 Å². The summed E-state index contributed by atoms with van der Waals surface area (Å²) in [6, 6.07) is 12.1. The molecule has 1 unspecified atom stereocenters. The van der Waals surface area contributed by atoms with E-state index >= 15 is 0 Å². The van der Waals surface area contributed by atoms with Crippen LogP contribution in [0.5, 0.6) is 11.5 Å². The molecule has 1 N–H and O–H groups in total. The molecule has 4 heteroatoms. The van der Waals surface area contributed by atoms with Gasteiger partial charge in [0.2, 0.25) is 5.91 Å². The third-order valence-corrected chi connectivity index (χ3v) is 5.72. The molecule has 0 saturated heterocycles. The second-order valence-electron chi connectivity index (χ2n) is 8.94. The van der Waals surface area contributed by atoms with Gasteiger partial charge in [-0.3, -0.25) is 4.79 Å². The summed E-state index contributed by atoms with van der Waals surface area (Å²) in [7, 11) is 0. The van der Waals surface area contributed by atoms with Crippen molar-refractivity contribution < 1.29 is 14.3 Å². The van der Waals surface area contributed by atoms with Crippen molar-refractivity contribution in [2.24, 2.45) is 0 Å². The van der Waals surface area contributed by atoms with Gasteiger partial charge in [-0.05, 0) is 51.0 Å². The molecule has 26 heavy (non-hydrogen) atoms. The van der Waals surface area contributed by atoms with Gasteiger partial charge in [-0.25, -0.2) is 0 Å². The molecule has 0 saturated carbocycles. The summed E-state index contributed by atoms with van der Waals surface area (Å²) in [5.41, 5.74) is 2.65. The summed E-state index contributed by atoms with van der Waals surface area (Å²) < 4.78 is 12.4. The van der Waals surface area contributed by atoms with Crippen molar-refractivity contribution in [2.45, 2.75) is 57.2 Å². The number of benzene rings is 2. The average molecular weight is 349 g/mol. The van der Waals surface area contributed by atoms with Gasteiger partial charge < -0.3 is 14.8 Å². The lowest BCUT2D eigenvalue weighted by Gasteiger charge is -2.43. The van der Waals surface area contributed by atoms with E-state index in [4.69, 9.17) is 9.47 Å². The van der Waals surface area contributed by atoms with Gasteiger partial charge in [0.25, 0.3) is 0 Å². The lowest BCUT2D eigenvalue weighted by atomic mass is 9.67. The highest BCUT2D eigenvalue weighted by Gasteiger charge is 2.56. The summed E-state index contributed by atoms with van der Waals surface area (Å²) in [5.74, 6) is 1.66. The standard InChI is InChI=1S/C22H23NO3/c1-20(2)11-13-9-15-18(10-17(13)25-20)26-21(3,4)12-22(15)14-7-5-6-8-16(14)23-19(22)24/h5-10H,11-12H2,1-4H3,(H,23,24). The molecule has 1 atom stereocenters. The third-order valence-electron chi connectivity index (χ3n) is 5.72. The van der Waals surface area contributed by atoms with Gasteiger partial charge in [0.15, 0.2) is 0 Å². The van der Waals surface area contributed by atoms with Crippen LogP contribution in [-0.4, -0.2) is 17.1 Å². The van der Waals surface area contributed by atoms with Crippen LogP contribution in [0.25, 0.3) is 0 Å². The van der Waals surface area contributed by atoms with E-state index in [1.165, 1.54) is 0 Å². The SMILES string of the molecule is CC1(C)Cc2cc3c(cc2O1)OC(C)(C)CC31C(=O)Nc2ccccc21. The summed E-state index contributed by atoms with van der Waals surface area (Å²) >= 11 is 0. The fourth-order valence-electron chi connectivity index (χ4n) is 4.88. The zero-order chi connectivity index (χ0) is 18.3. The van der Waals surface area contributed by atoms with Crippen LogP contribution in [0.3, 0.4) is 0 Å². The molecule has 0 aliphatic carbocycles. The first-order valence-corrected chi connectivity index (χ1v) is 9.17. The average Bonchev–Trinajstić information content (AvgIpc) is 2.98. The number of nitrogens with one attached hydrogen (secondary N) is 1. The lowest BCUT2D eigenvalue weighted by Crippen LogP contribution is -2.48. The molecule has 2 aromatic rings. The second-order valence-corrected chi connectivity index (χ2v) is 8.94. The Kier molecular flexibility index (Phi) is 2.79. The minimum atomic E-state index is -0.713. The van der Waals surface area contributed by atoms with Crippen molar-refractivity contribution in [1.29, 1.82) is 0 Å². The van der Waals surface area contributed by atoms with E-state index in [1.54, 1.807) is 0 Å². The maximum atomic E-state index is 13.3. The molecule has 3 heterocycles. The molecule has 1 spiro atoms. The van der Waals surface area contributed by atoms with Gasteiger partial charge in [0.05, 0.1) is 0 Å². The first-order chi connectivity index (χ1) is 12.2. The number of anilines is 1. The highest BCUT2D eigenvalue weighted by Crippen LogP contribution is 2.56. The number of amides is 1. The molecule has 0 aromatic heterocycles. The molecule has 0 fully saturated rings. The quantitative estimate of drug-likeness (QED) is 0.775. The van der Waals surface area contributed by atoms with E-state index in [-0.39, 0.29) is 11.5 Å². The number of hydrogen-bond donors (Lipinski definition) is 1. The summed E-state index contributed by atoms with van der Waals surface area (Å²) in [6.07, 6.45) is 1.44. The number of carbonyl (C=O) groups excluding carboxylic acids is 1. The number of ether oxygens (including phenoxy) is 2. The molecular formula is C22H23NO3. The van der Waals surface area contributed by atoms with Crippen LogP contribution in [-0.2, 0) is 16.6 Å². The van der Waals surface area contributed by atoms with Gasteiger partial charge in [-0.1, -0.05) is 18.2 Å². The van der Waals surface area contributed by atoms with Gasteiger partial charge >= 0.3 is 0 Å².